The summed E-state index contributed by atoms with van der Waals surface area (Å²) in [5.41, 5.74) is 15.2. The first kappa shape index (κ1) is 7.62. The van der Waals surface area contributed by atoms with Crippen molar-refractivity contribution in [2.45, 2.75) is 25.3 Å². The smallest absolute Gasteiger partial charge is 0.0365 e. The van der Waals surface area contributed by atoms with Gasteiger partial charge in [0.25, 0.3) is 0 Å². The van der Waals surface area contributed by atoms with E-state index in [0.717, 1.165) is 18.5 Å². The number of fused-ring (bicyclic) bond motifs is 1. The molecule has 0 aliphatic heterocycles. The second-order valence-corrected chi connectivity index (χ2v) is 3.42. The maximum atomic E-state index is 5.97. The van der Waals surface area contributed by atoms with Crippen molar-refractivity contribution < 1.29 is 0 Å². The van der Waals surface area contributed by atoms with Crippen LogP contribution < -0.4 is 11.5 Å². The van der Waals surface area contributed by atoms with E-state index in [-0.39, 0.29) is 6.04 Å². The van der Waals surface area contributed by atoms with Crippen molar-refractivity contribution in [2.24, 2.45) is 5.73 Å². The molecule has 1 unspecified atom stereocenters. The van der Waals surface area contributed by atoms with Gasteiger partial charge in [-0.05, 0) is 36.5 Å². The molecule has 64 valence electrons. The summed E-state index contributed by atoms with van der Waals surface area (Å²) in [7, 11) is 0. The van der Waals surface area contributed by atoms with Gasteiger partial charge in [0.05, 0.1) is 0 Å². The van der Waals surface area contributed by atoms with E-state index < -0.39 is 0 Å². The molecule has 1 aromatic rings. The number of hydrogen-bond donors (Lipinski definition) is 2. The fourth-order valence-electron chi connectivity index (χ4n) is 1.96. The highest BCUT2D eigenvalue weighted by Gasteiger charge is 2.18. The standard InChI is InChI=1S/C10H14N2/c11-8-5-1-3-7-4-2-6-9(12)10(7)8/h1,3,5,9H,2,4,6,11-12H2. The van der Waals surface area contributed by atoms with Crippen molar-refractivity contribution in [1.82, 2.24) is 0 Å². The van der Waals surface area contributed by atoms with Gasteiger partial charge in [-0.25, -0.2) is 0 Å². The molecule has 1 aliphatic carbocycles. The van der Waals surface area contributed by atoms with Crippen LogP contribution in [0.3, 0.4) is 0 Å². The van der Waals surface area contributed by atoms with Gasteiger partial charge in [-0.2, -0.15) is 0 Å². The summed E-state index contributed by atoms with van der Waals surface area (Å²) in [6.07, 6.45) is 3.40. The normalized spacial score (nSPS) is 21.9. The van der Waals surface area contributed by atoms with Gasteiger partial charge >= 0.3 is 0 Å². The van der Waals surface area contributed by atoms with E-state index in [4.69, 9.17) is 11.5 Å². The molecule has 0 saturated heterocycles. The number of aryl methyl sites for hydroxylation is 1. The lowest BCUT2D eigenvalue weighted by atomic mass is 9.87. The average molecular weight is 162 g/mol. The van der Waals surface area contributed by atoms with Crippen LogP contribution in [-0.4, -0.2) is 0 Å². The Morgan fingerprint density at radius 1 is 1.33 bits per heavy atom. The van der Waals surface area contributed by atoms with Crippen LogP contribution in [0, 0.1) is 0 Å². The van der Waals surface area contributed by atoms with E-state index in [1.54, 1.807) is 0 Å². The van der Waals surface area contributed by atoms with Crippen molar-refractivity contribution in [3.8, 4) is 0 Å². The Balaban J connectivity index is 2.53. The number of anilines is 1. The van der Waals surface area contributed by atoms with Gasteiger partial charge in [0.15, 0.2) is 0 Å². The van der Waals surface area contributed by atoms with Gasteiger partial charge in [-0.3, -0.25) is 0 Å². The quantitative estimate of drug-likeness (QED) is 0.569. The highest BCUT2D eigenvalue weighted by molar-refractivity contribution is 5.53. The number of hydrogen-bond acceptors (Lipinski definition) is 2. The number of nitrogen functional groups attached to an aromatic ring is 1. The van der Waals surface area contributed by atoms with Crippen molar-refractivity contribution in [2.75, 3.05) is 5.73 Å². The molecule has 1 aliphatic rings. The minimum absolute atomic E-state index is 0.162. The molecule has 1 aromatic carbocycles. The lowest BCUT2D eigenvalue weighted by Crippen LogP contribution is -2.18. The molecule has 1 atom stereocenters. The molecule has 0 heterocycles. The predicted molar refractivity (Wildman–Crippen MR) is 50.7 cm³/mol. The number of rotatable bonds is 0. The van der Waals surface area contributed by atoms with Crippen molar-refractivity contribution in [3.63, 3.8) is 0 Å². The highest BCUT2D eigenvalue weighted by atomic mass is 14.7. The van der Waals surface area contributed by atoms with Gasteiger partial charge < -0.3 is 11.5 Å². The zero-order valence-electron chi connectivity index (χ0n) is 7.09. The predicted octanol–water partition coefficient (Wildman–Crippen LogP) is 1.60. The summed E-state index contributed by atoms with van der Waals surface area (Å²) < 4.78 is 0. The van der Waals surface area contributed by atoms with E-state index >= 15 is 0 Å². The third-order valence-corrected chi connectivity index (χ3v) is 2.56. The summed E-state index contributed by atoms with van der Waals surface area (Å²) >= 11 is 0. The second-order valence-electron chi connectivity index (χ2n) is 3.42. The van der Waals surface area contributed by atoms with Gasteiger partial charge in [-0.1, -0.05) is 12.1 Å². The first-order valence-corrected chi connectivity index (χ1v) is 4.42. The van der Waals surface area contributed by atoms with Crippen molar-refractivity contribution in [3.05, 3.63) is 29.3 Å². The zero-order valence-corrected chi connectivity index (χ0v) is 7.09. The summed E-state index contributed by atoms with van der Waals surface area (Å²) in [5.74, 6) is 0. The van der Waals surface area contributed by atoms with Gasteiger partial charge in [-0.15, -0.1) is 0 Å². The maximum Gasteiger partial charge on any atom is 0.0365 e. The molecule has 12 heavy (non-hydrogen) atoms. The molecular weight excluding hydrogens is 148 g/mol. The molecule has 2 rings (SSSR count). The van der Waals surface area contributed by atoms with E-state index in [2.05, 4.69) is 6.07 Å². The molecule has 4 N–H and O–H groups in total. The largest absolute Gasteiger partial charge is 0.398 e. The van der Waals surface area contributed by atoms with E-state index in [1.165, 1.54) is 17.5 Å². The van der Waals surface area contributed by atoms with E-state index in [0.29, 0.717) is 0 Å². The molecule has 0 fully saturated rings. The van der Waals surface area contributed by atoms with Crippen LogP contribution >= 0.6 is 0 Å². The molecule has 0 aromatic heterocycles. The number of benzene rings is 1. The van der Waals surface area contributed by atoms with Crippen molar-refractivity contribution in [1.29, 1.82) is 0 Å². The van der Waals surface area contributed by atoms with Crippen molar-refractivity contribution >= 4 is 5.69 Å². The molecular formula is C10H14N2. The Bertz CT molecular complexity index is 294. The Kier molecular flexibility index (Phi) is 1.77. The fraction of sp³-hybridized carbons (Fsp3) is 0.400. The highest BCUT2D eigenvalue weighted by Crippen LogP contribution is 2.31. The summed E-state index contributed by atoms with van der Waals surface area (Å²) in [6, 6.07) is 6.23. The Hall–Kier alpha value is -1.02. The lowest BCUT2D eigenvalue weighted by Gasteiger charge is -2.23. The Labute approximate surface area is 72.6 Å². The maximum absolute atomic E-state index is 5.97. The Morgan fingerprint density at radius 2 is 2.17 bits per heavy atom. The lowest BCUT2D eigenvalue weighted by molar-refractivity contribution is 0.572. The summed E-state index contributed by atoms with van der Waals surface area (Å²) in [6.45, 7) is 0. The van der Waals surface area contributed by atoms with Crippen LogP contribution in [0.4, 0.5) is 5.69 Å². The van der Waals surface area contributed by atoms with E-state index in [9.17, 15) is 0 Å². The van der Waals surface area contributed by atoms with Crippen LogP contribution in [0.1, 0.15) is 30.0 Å². The minimum atomic E-state index is 0.162. The van der Waals surface area contributed by atoms with Crippen LogP contribution in [0.25, 0.3) is 0 Å². The molecule has 0 bridgehead atoms. The third kappa shape index (κ3) is 1.08. The SMILES string of the molecule is Nc1cccc2c1C(N)CCC2. The van der Waals surface area contributed by atoms with Gasteiger partial charge in [0.2, 0.25) is 0 Å². The molecule has 2 nitrogen and oxygen atoms in total. The Morgan fingerprint density at radius 3 is 2.92 bits per heavy atom. The first-order valence-electron chi connectivity index (χ1n) is 4.42. The van der Waals surface area contributed by atoms with Gasteiger partial charge in [0.1, 0.15) is 0 Å². The molecule has 0 spiro atoms. The first-order chi connectivity index (χ1) is 5.79. The second kappa shape index (κ2) is 2.79. The molecule has 0 amide bonds. The van der Waals surface area contributed by atoms with Crippen LogP contribution in [0.15, 0.2) is 18.2 Å². The van der Waals surface area contributed by atoms with E-state index in [1.807, 2.05) is 12.1 Å². The summed E-state index contributed by atoms with van der Waals surface area (Å²) in [5, 5.41) is 0. The third-order valence-electron chi connectivity index (χ3n) is 2.56. The zero-order chi connectivity index (χ0) is 8.55. The number of nitrogens with two attached hydrogens (primary N) is 2. The molecule has 2 heteroatoms. The monoisotopic (exact) mass is 162 g/mol. The summed E-state index contributed by atoms with van der Waals surface area (Å²) in [4.78, 5) is 0. The molecule has 0 saturated carbocycles. The molecule has 0 radical (unpaired) electrons. The average Bonchev–Trinajstić information content (AvgIpc) is 2.04. The van der Waals surface area contributed by atoms with Crippen LogP contribution in [-0.2, 0) is 6.42 Å². The van der Waals surface area contributed by atoms with Crippen LogP contribution in [0.5, 0.6) is 0 Å². The fourth-order valence-corrected chi connectivity index (χ4v) is 1.96. The van der Waals surface area contributed by atoms with Crippen LogP contribution in [0.2, 0.25) is 0 Å². The topological polar surface area (TPSA) is 52.0 Å². The van der Waals surface area contributed by atoms with Gasteiger partial charge in [0, 0.05) is 11.7 Å². The minimum Gasteiger partial charge on any atom is -0.398 e.